The highest BCUT2D eigenvalue weighted by Crippen LogP contribution is 2.40. The summed E-state index contributed by atoms with van der Waals surface area (Å²) in [6.45, 7) is 3.37. The molecule has 1 unspecified atom stereocenters. The summed E-state index contributed by atoms with van der Waals surface area (Å²) in [6.07, 6.45) is 7.76. The predicted octanol–water partition coefficient (Wildman–Crippen LogP) is 4.57. The second-order valence-electron chi connectivity index (χ2n) is 8.93. The van der Waals surface area contributed by atoms with Gasteiger partial charge >= 0.3 is 11.9 Å². The molecule has 39 heavy (non-hydrogen) atoms. The van der Waals surface area contributed by atoms with Crippen molar-refractivity contribution in [1.29, 1.82) is 0 Å². The summed E-state index contributed by atoms with van der Waals surface area (Å²) in [6, 6.07) is 13.8. The van der Waals surface area contributed by atoms with Gasteiger partial charge in [-0.2, -0.15) is 0 Å². The quantitative estimate of drug-likeness (QED) is 0.234. The first-order valence-corrected chi connectivity index (χ1v) is 12.2. The number of ether oxygens (including phenoxy) is 2. The number of aromatic nitrogens is 2. The van der Waals surface area contributed by atoms with Gasteiger partial charge in [0.25, 0.3) is 5.69 Å². The third kappa shape index (κ3) is 6.30. The number of nitro groups is 1. The van der Waals surface area contributed by atoms with Crippen molar-refractivity contribution >= 4 is 23.7 Å². The lowest BCUT2D eigenvalue weighted by atomic mass is 9.80. The Bertz CT molecular complexity index is 1470. The Labute approximate surface area is 225 Å². The summed E-state index contributed by atoms with van der Waals surface area (Å²) < 4.78 is 10.5. The maximum atomic E-state index is 13.3. The molecule has 1 aromatic heterocycles. The molecule has 10 heteroatoms. The molecule has 2 aromatic carbocycles. The molecule has 0 saturated heterocycles. The molecule has 3 aromatic rings. The zero-order chi connectivity index (χ0) is 27.9. The second kappa shape index (κ2) is 12.0. The molecule has 10 nitrogen and oxygen atoms in total. The molecule has 4 rings (SSSR count). The molecular weight excluding hydrogens is 500 g/mol. The van der Waals surface area contributed by atoms with Crippen molar-refractivity contribution < 1.29 is 24.0 Å². The molecule has 1 aliphatic rings. The maximum absolute atomic E-state index is 13.3. The lowest BCUT2D eigenvalue weighted by molar-refractivity contribution is -0.384. The number of non-ortho nitro benzene ring substituents is 1. The minimum Gasteiger partial charge on any atom is -0.466 e. The molecule has 0 radical (unpaired) electrons. The Morgan fingerprint density at radius 2 is 1.79 bits per heavy atom. The number of nitrogens with one attached hydrogen (secondary N) is 2. The number of rotatable bonds is 9. The van der Waals surface area contributed by atoms with Gasteiger partial charge in [-0.3, -0.25) is 10.1 Å². The first-order valence-electron chi connectivity index (χ1n) is 12.2. The highest BCUT2D eigenvalue weighted by Gasteiger charge is 2.38. The van der Waals surface area contributed by atoms with Crippen LogP contribution < -0.4 is 5.32 Å². The fourth-order valence-corrected chi connectivity index (χ4v) is 4.52. The molecule has 1 atom stereocenters. The molecule has 0 spiro atoms. The number of benzene rings is 2. The largest absolute Gasteiger partial charge is 0.466 e. The highest BCUT2D eigenvalue weighted by atomic mass is 16.6. The molecule has 200 valence electrons. The van der Waals surface area contributed by atoms with Crippen LogP contribution in [-0.2, 0) is 25.5 Å². The molecule has 0 bridgehead atoms. The van der Waals surface area contributed by atoms with E-state index in [9.17, 15) is 19.7 Å². The van der Waals surface area contributed by atoms with E-state index in [1.54, 1.807) is 38.4 Å². The highest BCUT2D eigenvalue weighted by molar-refractivity contribution is 6.00. The first-order chi connectivity index (χ1) is 18.8. The Balaban J connectivity index is 1.51. The molecular formula is C29H28N4O6. The molecule has 0 saturated carbocycles. The molecule has 2 N–H and O–H groups in total. The summed E-state index contributed by atoms with van der Waals surface area (Å²) in [4.78, 5) is 44.2. The van der Waals surface area contributed by atoms with Gasteiger partial charge in [-0.1, -0.05) is 42.5 Å². The molecule has 2 heterocycles. The average molecular weight is 529 g/mol. The molecule has 0 amide bonds. The van der Waals surface area contributed by atoms with Crippen LogP contribution in [0, 0.1) is 10.1 Å². The van der Waals surface area contributed by atoms with Crippen LogP contribution in [0.2, 0.25) is 0 Å². The average Bonchev–Trinajstić information content (AvgIpc) is 3.44. The van der Waals surface area contributed by atoms with Gasteiger partial charge < -0.3 is 19.8 Å². The van der Waals surface area contributed by atoms with Gasteiger partial charge in [-0.15, -0.1) is 0 Å². The van der Waals surface area contributed by atoms with Crippen LogP contribution in [-0.4, -0.2) is 40.5 Å². The Morgan fingerprint density at radius 3 is 2.44 bits per heavy atom. The predicted molar refractivity (Wildman–Crippen MR) is 144 cm³/mol. The van der Waals surface area contributed by atoms with Gasteiger partial charge in [0.2, 0.25) is 0 Å². The zero-order valence-corrected chi connectivity index (χ0v) is 21.8. The van der Waals surface area contributed by atoms with Crippen LogP contribution in [0.3, 0.4) is 0 Å². The van der Waals surface area contributed by atoms with Crippen LogP contribution in [0.5, 0.6) is 0 Å². The normalized spacial score (nSPS) is 15.3. The Morgan fingerprint density at radius 1 is 1.08 bits per heavy atom. The number of H-pyrrole nitrogens is 1. The van der Waals surface area contributed by atoms with Gasteiger partial charge in [0.1, 0.15) is 12.4 Å². The van der Waals surface area contributed by atoms with Gasteiger partial charge in [0.05, 0.1) is 29.1 Å². The van der Waals surface area contributed by atoms with E-state index in [1.807, 2.05) is 30.3 Å². The number of esters is 2. The standard InChI is InChI=1S/C29H28N4O6/c1-18-25(28(34)38-3)27(22-7-4-8-23(17-22)33(36)37)26(19(2)32-18)29(35)39-15-5-6-20-9-11-21(12-10-20)16-24-30-13-14-31-24/h4-14,17,27,32H,15-16H2,1-3H3,(H,30,31). The first kappa shape index (κ1) is 27.1. The SMILES string of the molecule is COC(=O)C1=C(C)NC(C)=C(C(=O)OCC=Cc2ccc(Cc3ncc[nH]3)cc2)C1c1cccc([N+](=O)[O-])c1. The molecule has 0 fully saturated rings. The van der Waals surface area contributed by atoms with Crippen molar-refractivity contribution in [3.8, 4) is 0 Å². The third-order valence-corrected chi connectivity index (χ3v) is 6.33. The second-order valence-corrected chi connectivity index (χ2v) is 8.93. The number of aromatic amines is 1. The van der Waals surface area contributed by atoms with E-state index < -0.39 is 22.8 Å². The third-order valence-electron chi connectivity index (χ3n) is 6.33. The van der Waals surface area contributed by atoms with Gasteiger partial charge in [-0.25, -0.2) is 14.6 Å². The summed E-state index contributed by atoms with van der Waals surface area (Å²) in [5, 5.41) is 14.5. The van der Waals surface area contributed by atoms with E-state index in [2.05, 4.69) is 15.3 Å². The minimum absolute atomic E-state index is 0.0122. The summed E-state index contributed by atoms with van der Waals surface area (Å²) in [7, 11) is 1.24. The van der Waals surface area contributed by atoms with Crippen molar-refractivity contribution in [2.45, 2.75) is 26.2 Å². The van der Waals surface area contributed by atoms with E-state index >= 15 is 0 Å². The number of imidazole rings is 1. The van der Waals surface area contributed by atoms with Crippen LogP contribution in [0.1, 0.15) is 42.3 Å². The maximum Gasteiger partial charge on any atom is 0.337 e. The number of carbonyl (C=O) groups excluding carboxylic acids is 2. The van der Waals surface area contributed by atoms with E-state index in [-0.39, 0.29) is 23.4 Å². The lowest BCUT2D eigenvalue weighted by Crippen LogP contribution is -2.32. The summed E-state index contributed by atoms with van der Waals surface area (Å²) in [5.41, 5.74) is 3.62. The van der Waals surface area contributed by atoms with Crippen molar-refractivity contribution in [1.82, 2.24) is 15.3 Å². The number of nitro benzene ring substituents is 1. The van der Waals surface area contributed by atoms with E-state index in [0.29, 0.717) is 23.4 Å². The van der Waals surface area contributed by atoms with Crippen molar-refractivity contribution in [2.24, 2.45) is 0 Å². The number of carbonyl (C=O) groups is 2. The van der Waals surface area contributed by atoms with Crippen LogP contribution >= 0.6 is 0 Å². The zero-order valence-electron chi connectivity index (χ0n) is 21.8. The van der Waals surface area contributed by atoms with Crippen molar-refractivity contribution in [2.75, 3.05) is 13.7 Å². The monoisotopic (exact) mass is 528 g/mol. The lowest BCUT2D eigenvalue weighted by Gasteiger charge is -2.30. The van der Waals surface area contributed by atoms with Crippen molar-refractivity contribution in [3.63, 3.8) is 0 Å². The van der Waals surface area contributed by atoms with Gasteiger partial charge in [0.15, 0.2) is 0 Å². The fourth-order valence-electron chi connectivity index (χ4n) is 4.52. The van der Waals surface area contributed by atoms with Gasteiger partial charge in [-0.05, 0) is 36.6 Å². The number of hydrogen-bond donors (Lipinski definition) is 2. The van der Waals surface area contributed by atoms with Crippen molar-refractivity contribution in [3.05, 3.63) is 122 Å². The number of nitrogens with zero attached hydrogens (tertiary/aromatic N) is 2. The van der Waals surface area contributed by atoms with Crippen LogP contribution in [0.15, 0.2) is 89.5 Å². The van der Waals surface area contributed by atoms with Gasteiger partial charge in [0, 0.05) is 42.3 Å². The van der Waals surface area contributed by atoms with Crippen LogP contribution in [0.25, 0.3) is 6.08 Å². The number of hydrogen-bond acceptors (Lipinski definition) is 8. The van der Waals surface area contributed by atoms with E-state index in [4.69, 9.17) is 9.47 Å². The number of methoxy groups -OCH3 is 1. The summed E-state index contributed by atoms with van der Waals surface area (Å²) >= 11 is 0. The fraction of sp³-hybridized carbons (Fsp3) is 0.207. The number of allylic oxidation sites excluding steroid dienone is 2. The Kier molecular flexibility index (Phi) is 8.35. The topological polar surface area (TPSA) is 136 Å². The Hall–Kier alpha value is -4.99. The minimum atomic E-state index is -0.906. The smallest absolute Gasteiger partial charge is 0.337 e. The van der Waals surface area contributed by atoms with E-state index in [0.717, 1.165) is 17.0 Å². The molecule has 0 aliphatic carbocycles. The summed E-state index contributed by atoms with van der Waals surface area (Å²) in [5.74, 6) is -1.32. The van der Waals surface area contributed by atoms with Crippen LogP contribution in [0.4, 0.5) is 5.69 Å². The molecule has 1 aliphatic heterocycles. The number of dihydropyridines is 1. The van der Waals surface area contributed by atoms with E-state index in [1.165, 1.54) is 25.3 Å².